The molecule has 0 aromatic rings. The van der Waals surface area contributed by atoms with Crippen LogP contribution >= 0.6 is 0 Å². The Hall–Kier alpha value is -1.06. The van der Waals surface area contributed by atoms with E-state index >= 15 is 0 Å². The lowest BCUT2D eigenvalue weighted by molar-refractivity contribution is -0.157. The summed E-state index contributed by atoms with van der Waals surface area (Å²) in [6.45, 7) is 12.0. The van der Waals surface area contributed by atoms with Crippen LogP contribution in [-0.2, 0) is 9.59 Å². The highest BCUT2D eigenvalue weighted by molar-refractivity contribution is 5.97. The summed E-state index contributed by atoms with van der Waals surface area (Å²) in [5.74, 6) is 0.163. The zero-order valence-electron chi connectivity index (χ0n) is 12.4. The molecule has 2 amide bonds. The number of nitrogens with one attached hydrogen (secondary N) is 1. The minimum absolute atomic E-state index is 0.0158. The molecular weight excluding hydrogens is 228 g/mol. The van der Waals surface area contributed by atoms with Gasteiger partial charge in [-0.1, -0.05) is 27.2 Å². The lowest BCUT2D eigenvalue weighted by Crippen LogP contribution is -2.69. The summed E-state index contributed by atoms with van der Waals surface area (Å²) >= 11 is 0. The van der Waals surface area contributed by atoms with Crippen LogP contribution < -0.4 is 5.32 Å². The number of hydrogen-bond acceptors (Lipinski definition) is 2. The molecule has 2 atom stereocenters. The molecule has 104 valence electrons. The van der Waals surface area contributed by atoms with Gasteiger partial charge in [0.25, 0.3) is 0 Å². The third-order valence-corrected chi connectivity index (χ3v) is 3.33. The molecular formula is C14H26N2O2. The average molecular weight is 254 g/mol. The molecule has 1 aliphatic rings. The Bertz CT molecular complexity index is 331. The van der Waals surface area contributed by atoms with Gasteiger partial charge < -0.3 is 10.2 Å². The van der Waals surface area contributed by atoms with Crippen LogP contribution in [0.2, 0.25) is 0 Å². The quantitative estimate of drug-likeness (QED) is 0.836. The number of amides is 2. The number of piperazine rings is 1. The zero-order chi connectivity index (χ0) is 14.1. The lowest BCUT2D eigenvalue weighted by atomic mass is 9.90. The molecule has 1 aliphatic heterocycles. The molecule has 1 rings (SSSR count). The molecule has 1 fully saturated rings. The van der Waals surface area contributed by atoms with Crippen molar-refractivity contribution >= 4 is 11.8 Å². The molecule has 0 aliphatic carbocycles. The zero-order valence-corrected chi connectivity index (χ0v) is 12.4. The van der Waals surface area contributed by atoms with Crippen LogP contribution in [0.5, 0.6) is 0 Å². The lowest BCUT2D eigenvalue weighted by Gasteiger charge is -2.47. The van der Waals surface area contributed by atoms with Crippen LogP contribution in [0.3, 0.4) is 0 Å². The number of nitrogens with zero attached hydrogens (tertiary/aromatic N) is 1. The summed E-state index contributed by atoms with van der Waals surface area (Å²) < 4.78 is 0. The van der Waals surface area contributed by atoms with Gasteiger partial charge in [0.05, 0.1) is 0 Å². The minimum Gasteiger partial charge on any atom is -0.342 e. The molecule has 0 spiro atoms. The van der Waals surface area contributed by atoms with E-state index in [0.717, 1.165) is 6.42 Å². The fourth-order valence-corrected chi connectivity index (χ4v) is 2.57. The van der Waals surface area contributed by atoms with E-state index in [-0.39, 0.29) is 35.4 Å². The van der Waals surface area contributed by atoms with E-state index in [2.05, 4.69) is 5.32 Å². The van der Waals surface area contributed by atoms with E-state index in [1.54, 1.807) is 4.90 Å². The Balaban J connectivity index is 3.09. The maximum absolute atomic E-state index is 12.5. The predicted octanol–water partition coefficient (Wildman–Crippen LogP) is 1.94. The van der Waals surface area contributed by atoms with Crippen molar-refractivity contribution in [3.8, 4) is 0 Å². The Kier molecular flexibility index (Phi) is 4.41. The summed E-state index contributed by atoms with van der Waals surface area (Å²) in [7, 11) is 0. The number of carbonyl (C=O) groups is 2. The van der Waals surface area contributed by atoms with Crippen molar-refractivity contribution < 1.29 is 9.59 Å². The van der Waals surface area contributed by atoms with Crippen LogP contribution in [0.25, 0.3) is 0 Å². The fraction of sp³-hybridized carbons (Fsp3) is 0.857. The van der Waals surface area contributed by atoms with E-state index in [1.807, 2.05) is 41.5 Å². The van der Waals surface area contributed by atoms with Crippen molar-refractivity contribution in [2.45, 2.75) is 72.0 Å². The molecule has 0 saturated carbocycles. The predicted molar refractivity (Wildman–Crippen MR) is 72.1 cm³/mol. The molecule has 1 N–H and O–H groups in total. The highest BCUT2D eigenvalue weighted by Crippen LogP contribution is 2.27. The maximum Gasteiger partial charge on any atom is 0.246 e. The average Bonchev–Trinajstić information content (AvgIpc) is 2.20. The summed E-state index contributed by atoms with van der Waals surface area (Å²) in [5, 5.41) is 2.87. The molecule has 0 aromatic heterocycles. The van der Waals surface area contributed by atoms with Gasteiger partial charge in [0.2, 0.25) is 11.8 Å². The van der Waals surface area contributed by atoms with Crippen LogP contribution in [0.15, 0.2) is 0 Å². The van der Waals surface area contributed by atoms with Crippen LogP contribution in [0.4, 0.5) is 0 Å². The van der Waals surface area contributed by atoms with Crippen molar-refractivity contribution in [2.75, 3.05) is 0 Å². The standard InChI is InChI=1S/C14H26N2O2/c1-7-8-10-13(18)16(14(4,5)6)11(9(2)3)12(17)15-10/h9-11H,7-8H2,1-6H3,(H,15,17). The van der Waals surface area contributed by atoms with Gasteiger partial charge in [0.1, 0.15) is 12.1 Å². The number of carbonyl (C=O) groups excluding carboxylic acids is 2. The second-order valence-electron chi connectivity index (χ2n) is 6.42. The van der Waals surface area contributed by atoms with Crippen molar-refractivity contribution in [1.82, 2.24) is 10.2 Å². The Morgan fingerprint density at radius 1 is 1.28 bits per heavy atom. The Morgan fingerprint density at radius 2 is 1.83 bits per heavy atom. The molecule has 1 saturated heterocycles. The summed E-state index contributed by atoms with van der Waals surface area (Å²) in [5.41, 5.74) is -0.324. The third-order valence-electron chi connectivity index (χ3n) is 3.33. The Labute approximate surface area is 110 Å². The maximum atomic E-state index is 12.5. The van der Waals surface area contributed by atoms with Gasteiger partial charge in [-0.05, 0) is 33.1 Å². The Morgan fingerprint density at radius 3 is 2.22 bits per heavy atom. The molecule has 4 heteroatoms. The highest BCUT2D eigenvalue weighted by atomic mass is 16.2. The van der Waals surface area contributed by atoms with Crippen molar-refractivity contribution in [3.05, 3.63) is 0 Å². The second kappa shape index (κ2) is 5.29. The van der Waals surface area contributed by atoms with Gasteiger partial charge in [-0.2, -0.15) is 0 Å². The monoisotopic (exact) mass is 254 g/mol. The topological polar surface area (TPSA) is 49.4 Å². The van der Waals surface area contributed by atoms with Crippen molar-refractivity contribution in [2.24, 2.45) is 5.92 Å². The van der Waals surface area contributed by atoms with E-state index < -0.39 is 0 Å². The first-order chi connectivity index (χ1) is 8.20. The van der Waals surface area contributed by atoms with Gasteiger partial charge in [0.15, 0.2) is 0 Å². The SMILES string of the molecule is CCCC1NC(=O)C(C(C)C)N(C(C)(C)C)C1=O. The molecule has 0 aromatic carbocycles. The first kappa shape index (κ1) is 15.0. The number of rotatable bonds is 3. The van der Waals surface area contributed by atoms with Gasteiger partial charge in [0, 0.05) is 5.54 Å². The fourth-order valence-electron chi connectivity index (χ4n) is 2.57. The van der Waals surface area contributed by atoms with E-state index in [9.17, 15) is 9.59 Å². The molecule has 0 bridgehead atoms. The summed E-state index contributed by atoms with van der Waals surface area (Å²) in [6.07, 6.45) is 1.60. The first-order valence-electron chi connectivity index (χ1n) is 6.83. The van der Waals surface area contributed by atoms with E-state index in [4.69, 9.17) is 0 Å². The van der Waals surface area contributed by atoms with Crippen molar-refractivity contribution in [1.29, 1.82) is 0 Å². The smallest absolute Gasteiger partial charge is 0.246 e. The van der Waals surface area contributed by atoms with Gasteiger partial charge in [-0.15, -0.1) is 0 Å². The molecule has 0 radical (unpaired) electrons. The van der Waals surface area contributed by atoms with Crippen molar-refractivity contribution in [3.63, 3.8) is 0 Å². The number of hydrogen-bond donors (Lipinski definition) is 1. The first-order valence-corrected chi connectivity index (χ1v) is 6.83. The van der Waals surface area contributed by atoms with Gasteiger partial charge >= 0.3 is 0 Å². The van der Waals surface area contributed by atoms with Gasteiger partial charge in [-0.25, -0.2) is 0 Å². The van der Waals surface area contributed by atoms with Crippen LogP contribution in [0.1, 0.15) is 54.4 Å². The molecule has 1 heterocycles. The molecule has 2 unspecified atom stereocenters. The minimum atomic E-state index is -0.356. The van der Waals surface area contributed by atoms with Gasteiger partial charge in [-0.3, -0.25) is 9.59 Å². The normalized spacial score (nSPS) is 25.6. The summed E-state index contributed by atoms with van der Waals surface area (Å²) in [4.78, 5) is 26.5. The summed E-state index contributed by atoms with van der Waals surface area (Å²) in [6, 6.07) is -0.706. The van der Waals surface area contributed by atoms with E-state index in [0.29, 0.717) is 6.42 Å². The van der Waals surface area contributed by atoms with Crippen LogP contribution in [-0.4, -0.2) is 34.3 Å². The highest BCUT2D eigenvalue weighted by Gasteiger charge is 2.45. The second-order valence-corrected chi connectivity index (χ2v) is 6.42. The van der Waals surface area contributed by atoms with E-state index in [1.165, 1.54) is 0 Å². The molecule has 4 nitrogen and oxygen atoms in total. The molecule has 18 heavy (non-hydrogen) atoms. The largest absolute Gasteiger partial charge is 0.342 e. The van der Waals surface area contributed by atoms with Crippen LogP contribution in [0, 0.1) is 5.92 Å². The third kappa shape index (κ3) is 2.85.